The summed E-state index contributed by atoms with van der Waals surface area (Å²) in [6.45, 7) is 3.60. The molecule has 0 radical (unpaired) electrons. The van der Waals surface area contributed by atoms with Gasteiger partial charge in [0.15, 0.2) is 0 Å². The van der Waals surface area contributed by atoms with Crippen molar-refractivity contribution in [2.45, 2.75) is 39.0 Å². The molecule has 0 bridgehead atoms. The van der Waals surface area contributed by atoms with E-state index in [1.165, 1.54) is 0 Å². The molecule has 3 aromatic rings. The van der Waals surface area contributed by atoms with Gasteiger partial charge >= 0.3 is 0 Å². The average Bonchev–Trinajstić information content (AvgIpc) is 3.08. The van der Waals surface area contributed by atoms with Gasteiger partial charge in [-0.25, -0.2) is 9.97 Å². The second kappa shape index (κ2) is 6.10. The third kappa shape index (κ3) is 2.97. The monoisotopic (exact) mass is 284 g/mol. The topological polar surface area (TPSA) is 55.9 Å². The van der Waals surface area contributed by atoms with Crippen LogP contribution in [0.3, 0.4) is 0 Å². The lowest BCUT2D eigenvalue weighted by Crippen LogP contribution is -2.20. The van der Waals surface area contributed by atoms with Crippen molar-refractivity contribution in [3.63, 3.8) is 0 Å². The maximum absolute atomic E-state index is 10.3. The third-order valence-electron chi connectivity index (χ3n) is 3.62. The Hall–Kier alpha value is -2.14. The summed E-state index contributed by atoms with van der Waals surface area (Å²) < 4.78 is 4.10. The molecule has 0 aliphatic heterocycles. The zero-order chi connectivity index (χ0) is 14.7. The highest BCUT2D eigenvalue weighted by Gasteiger charge is 2.12. The van der Waals surface area contributed by atoms with Gasteiger partial charge in [0.1, 0.15) is 5.82 Å². The number of aryl methyl sites for hydroxylation is 1. The van der Waals surface area contributed by atoms with Crippen LogP contribution in [0.1, 0.15) is 19.2 Å². The highest BCUT2D eigenvalue weighted by molar-refractivity contribution is 5.74. The first kappa shape index (κ1) is 13.8. The van der Waals surface area contributed by atoms with E-state index in [4.69, 9.17) is 0 Å². The van der Waals surface area contributed by atoms with Gasteiger partial charge in [-0.05, 0) is 18.6 Å². The standard InChI is InChI=1S/C16H20N4O/c1-2-8-19-9-7-17-16(19)10-13(21)11-20-12-18-14-5-3-4-6-15(14)20/h3-7,9,12-13,21H,2,8,10-11H2,1H3. The maximum atomic E-state index is 10.3. The summed E-state index contributed by atoms with van der Waals surface area (Å²) in [7, 11) is 0. The highest BCUT2D eigenvalue weighted by atomic mass is 16.3. The fraction of sp³-hybridized carbons (Fsp3) is 0.375. The molecule has 1 atom stereocenters. The minimum atomic E-state index is -0.472. The Labute approximate surface area is 123 Å². The summed E-state index contributed by atoms with van der Waals surface area (Å²) >= 11 is 0. The van der Waals surface area contributed by atoms with Crippen LogP contribution in [0.5, 0.6) is 0 Å². The smallest absolute Gasteiger partial charge is 0.111 e. The van der Waals surface area contributed by atoms with E-state index in [0.717, 1.165) is 29.8 Å². The molecule has 110 valence electrons. The van der Waals surface area contributed by atoms with Gasteiger partial charge in [-0.2, -0.15) is 0 Å². The van der Waals surface area contributed by atoms with Crippen LogP contribution in [0.15, 0.2) is 43.0 Å². The van der Waals surface area contributed by atoms with Gasteiger partial charge in [-0.3, -0.25) is 0 Å². The van der Waals surface area contributed by atoms with Crippen LogP contribution in [-0.2, 0) is 19.5 Å². The van der Waals surface area contributed by atoms with E-state index < -0.39 is 6.10 Å². The first-order chi connectivity index (χ1) is 10.3. The SMILES string of the molecule is CCCn1ccnc1CC(O)Cn1cnc2ccccc21. The summed E-state index contributed by atoms with van der Waals surface area (Å²) in [5.74, 6) is 0.939. The molecule has 0 aliphatic rings. The molecule has 0 spiro atoms. The summed E-state index contributed by atoms with van der Waals surface area (Å²) in [6.07, 6.45) is 6.70. The number of benzene rings is 1. The molecule has 0 saturated heterocycles. The van der Waals surface area contributed by atoms with Gasteiger partial charge in [-0.15, -0.1) is 0 Å². The molecule has 2 aromatic heterocycles. The third-order valence-corrected chi connectivity index (χ3v) is 3.62. The predicted molar refractivity (Wildman–Crippen MR) is 82.0 cm³/mol. The van der Waals surface area contributed by atoms with Gasteiger partial charge in [0.2, 0.25) is 0 Å². The van der Waals surface area contributed by atoms with Crippen molar-refractivity contribution in [3.05, 3.63) is 48.8 Å². The van der Waals surface area contributed by atoms with Gasteiger partial charge < -0.3 is 14.2 Å². The number of nitrogens with zero attached hydrogens (tertiary/aromatic N) is 4. The Morgan fingerprint density at radius 3 is 2.90 bits per heavy atom. The molecule has 1 aromatic carbocycles. The quantitative estimate of drug-likeness (QED) is 0.755. The lowest BCUT2D eigenvalue weighted by Gasteiger charge is -2.13. The van der Waals surface area contributed by atoms with Crippen LogP contribution in [-0.4, -0.2) is 30.3 Å². The first-order valence-electron chi connectivity index (χ1n) is 7.36. The van der Waals surface area contributed by atoms with Crippen LogP contribution in [0.25, 0.3) is 11.0 Å². The Morgan fingerprint density at radius 2 is 2.05 bits per heavy atom. The fourth-order valence-corrected chi connectivity index (χ4v) is 2.63. The second-order valence-electron chi connectivity index (χ2n) is 5.28. The van der Waals surface area contributed by atoms with E-state index >= 15 is 0 Å². The Morgan fingerprint density at radius 1 is 1.19 bits per heavy atom. The molecule has 5 nitrogen and oxygen atoms in total. The number of para-hydroxylation sites is 2. The van der Waals surface area contributed by atoms with Gasteiger partial charge in [0.25, 0.3) is 0 Å². The van der Waals surface area contributed by atoms with E-state index in [-0.39, 0.29) is 0 Å². The van der Waals surface area contributed by atoms with E-state index in [0.29, 0.717) is 13.0 Å². The number of aliphatic hydroxyl groups is 1. The minimum Gasteiger partial charge on any atom is -0.391 e. The van der Waals surface area contributed by atoms with Crippen LogP contribution in [0.2, 0.25) is 0 Å². The Kier molecular flexibility index (Phi) is 4.01. The van der Waals surface area contributed by atoms with Gasteiger partial charge in [-0.1, -0.05) is 19.1 Å². The minimum absolute atomic E-state index is 0.472. The zero-order valence-electron chi connectivity index (χ0n) is 12.2. The van der Waals surface area contributed by atoms with Crippen LogP contribution >= 0.6 is 0 Å². The van der Waals surface area contributed by atoms with Crippen LogP contribution in [0, 0.1) is 0 Å². The lowest BCUT2D eigenvalue weighted by atomic mass is 10.2. The van der Waals surface area contributed by atoms with Gasteiger partial charge in [0, 0.05) is 25.4 Å². The molecule has 2 heterocycles. The Bertz CT molecular complexity index is 716. The second-order valence-corrected chi connectivity index (χ2v) is 5.28. The molecule has 1 unspecified atom stereocenters. The molecule has 3 rings (SSSR count). The van der Waals surface area contributed by atoms with Crippen molar-refractivity contribution in [1.82, 2.24) is 19.1 Å². The molecule has 0 saturated carbocycles. The fourth-order valence-electron chi connectivity index (χ4n) is 2.63. The van der Waals surface area contributed by atoms with Crippen molar-refractivity contribution in [1.29, 1.82) is 0 Å². The number of aliphatic hydroxyl groups excluding tert-OH is 1. The van der Waals surface area contributed by atoms with Crippen molar-refractivity contribution < 1.29 is 5.11 Å². The first-order valence-corrected chi connectivity index (χ1v) is 7.36. The lowest BCUT2D eigenvalue weighted by molar-refractivity contribution is 0.152. The van der Waals surface area contributed by atoms with Crippen molar-refractivity contribution in [3.8, 4) is 0 Å². The Balaban J connectivity index is 1.71. The highest BCUT2D eigenvalue weighted by Crippen LogP contribution is 2.13. The number of fused-ring (bicyclic) bond motifs is 1. The van der Waals surface area contributed by atoms with E-state index in [9.17, 15) is 5.11 Å². The largest absolute Gasteiger partial charge is 0.391 e. The number of rotatable bonds is 6. The molecule has 21 heavy (non-hydrogen) atoms. The molecule has 5 heteroatoms. The predicted octanol–water partition coefficient (Wildman–Crippen LogP) is 2.25. The van der Waals surface area contributed by atoms with Crippen molar-refractivity contribution in [2.24, 2.45) is 0 Å². The van der Waals surface area contributed by atoms with Crippen molar-refractivity contribution in [2.75, 3.05) is 0 Å². The van der Waals surface area contributed by atoms with E-state index in [1.54, 1.807) is 12.5 Å². The number of hydrogen-bond acceptors (Lipinski definition) is 3. The maximum Gasteiger partial charge on any atom is 0.111 e. The summed E-state index contributed by atoms with van der Waals surface area (Å²) in [4.78, 5) is 8.69. The number of imidazole rings is 2. The van der Waals surface area contributed by atoms with E-state index in [1.807, 2.05) is 35.0 Å². The van der Waals surface area contributed by atoms with E-state index in [2.05, 4.69) is 21.5 Å². The normalized spacial score (nSPS) is 12.9. The molecule has 1 N–H and O–H groups in total. The molecule has 0 fully saturated rings. The molecular weight excluding hydrogens is 264 g/mol. The number of aromatic nitrogens is 4. The molecule has 0 aliphatic carbocycles. The molecular formula is C16H20N4O. The van der Waals surface area contributed by atoms with Crippen LogP contribution in [0.4, 0.5) is 0 Å². The summed E-state index contributed by atoms with van der Waals surface area (Å²) in [5, 5.41) is 10.3. The van der Waals surface area contributed by atoms with Gasteiger partial charge in [0.05, 0.1) is 30.0 Å². The average molecular weight is 284 g/mol. The summed E-state index contributed by atoms with van der Waals surface area (Å²) in [5.41, 5.74) is 2.01. The van der Waals surface area contributed by atoms with Crippen molar-refractivity contribution >= 4 is 11.0 Å². The zero-order valence-corrected chi connectivity index (χ0v) is 12.2. The summed E-state index contributed by atoms with van der Waals surface area (Å²) in [6, 6.07) is 7.96. The number of hydrogen-bond donors (Lipinski definition) is 1. The van der Waals surface area contributed by atoms with Crippen LogP contribution < -0.4 is 0 Å². The molecule has 0 amide bonds.